The predicted molar refractivity (Wildman–Crippen MR) is 116 cm³/mol. The van der Waals surface area contributed by atoms with Crippen LogP contribution in [-0.2, 0) is 26.1 Å². The number of nitrogens with one attached hydrogen (secondary N) is 2. The molecule has 1 atom stereocenters. The number of carbonyl (C=O) groups is 2. The standard InChI is InChI=1S/C21H24ClN3O5S/c1-15(24-21(27)18-4-2-3-5-19(18)22)20(26)23-14-16-6-8-17(9-7-16)31(28,29)25-10-12-30-13-11-25/h2-9,15H,10-14H2,1H3,(H,23,26)(H,24,27)/t15-/m0/s1. The van der Waals surface area contributed by atoms with Gasteiger partial charge in [0.25, 0.3) is 5.91 Å². The molecule has 1 saturated heterocycles. The number of halogens is 1. The number of benzene rings is 2. The summed E-state index contributed by atoms with van der Waals surface area (Å²) in [6.45, 7) is 3.20. The number of hydrogen-bond donors (Lipinski definition) is 2. The van der Waals surface area contributed by atoms with E-state index in [1.54, 1.807) is 43.3 Å². The van der Waals surface area contributed by atoms with Gasteiger partial charge in [-0.15, -0.1) is 0 Å². The number of morpholine rings is 1. The molecular weight excluding hydrogens is 442 g/mol. The van der Waals surface area contributed by atoms with Crippen LogP contribution in [0, 0.1) is 0 Å². The molecule has 1 fully saturated rings. The summed E-state index contributed by atoms with van der Waals surface area (Å²) in [4.78, 5) is 24.8. The Morgan fingerprint density at radius 2 is 1.74 bits per heavy atom. The van der Waals surface area contributed by atoms with Crippen molar-refractivity contribution in [2.75, 3.05) is 26.3 Å². The second kappa shape index (κ2) is 10.2. The van der Waals surface area contributed by atoms with Crippen LogP contribution in [0.25, 0.3) is 0 Å². The molecule has 0 spiro atoms. The van der Waals surface area contributed by atoms with Crippen LogP contribution >= 0.6 is 11.6 Å². The van der Waals surface area contributed by atoms with Gasteiger partial charge in [0.05, 0.1) is 28.7 Å². The fourth-order valence-corrected chi connectivity index (χ4v) is 4.67. The first-order valence-electron chi connectivity index (χ1n) is 9.79. The summed E-state index contributed by atoms with van der Waals surface area (Å²) in [5, 5.41) is 5.64. The number of sulfonamides is 1. The lowest BCUT2D eigenvalue weighted by Crippen LogP contribution is -2.44. The van der Waals surface area contributed by atoms with Crippen molar-refractivity contribution in [2.45, 2.75) is 24.4 Å². The number of ether oxygens (including phenoxy) is 1. The lowest BCUT2D eigenvalue weighted by Gasteiger charge is -2.26. The van der Waals surface area contributed by atoms with Gasteiger partial charge >= 0.3 is 0 Å². The van der Waals surface area contributed by atoms with Crippen LogP contribution in [-0.4, -0.2) is 56.9 Å². The first kappa shape index (κ1) is 23.2. The third kappa shape index (κ3) is 5.82. The van der Waals surface area contributed by atoms with Crippen LogP contribution in [0.1, 0.15) is 22.8 Å². The maximum Gasteiger partial charge on any atom is 0.253 e. The fraction of sp³-hybridized carbons (Fsp3) is 0.333. The van der Waals surface area contributed by atoms with Crippen LogP contribution in [0.15, 0.2) is 53.4 Å². The Morgan fingerprint density at radius 1 is 1.10 bits per heavy atom. The van der Waals surface area contributed by atoms with Gasteiger partial charge in [0.15, 0.2) is 0 Å². The minimum atomic E-state index is -3.56. The van der Waals surface area contributed by atoms with Crippen molar-refractivity contribution < 1.29 is 22.7 Å². The van der Waals surface area contributed by atoms with Crippen LogP contribution in [0.4, 0.5) is 0 Å². The van der Waals surface area contributed by atoms with E-state index < -0.39 is 22.0 Å². The molecule has 10 heteroatoms. The molecule has 0 radical (unpaired) electrons. The lowest BCUT2D eigenvalue weighted by atomic mass is 10.2. The third-order valence-electron chi connectivity index (χ3n) is 4.86. The monoisotopic (exact) mass is 465 g/mol. The number of amides is 2. The Kier molecular flexibility index (Phi) is 7.66. The van der Waals surface area contributed by atoms with E-state index in [4.69, 9.17) is 16.3 Å². The van der Waals surface area contributed by atoms with Crippen molar-refractivity contribution in [3.63, 3.8) is 0 Å². The highest BCUT2D eigenvalue weighted by Gasteiger charge is 2.26. The topological polar surface area (TPSA) is 105 Å². The Balaban J connectivity index is 1.54. The molecule has 1 aliphatic heterocycles. The molecule has 0 saturated carbocycles. The molecule has 2 aromatic rings. The zero-order valence-electron chi connectivity index (χ0n) is 17.0. The normalized spacial score (nSPS) is 15.8. The summed E-state index contributed by atoms with van der Waals surface area (Å²) in [5.74, 6) is -0.809. The molecule has 8 nitrogen and oxygen atoms in total. The largest absolute Gasteiger partial charge is 0.379 e. The molecule has 3 rings (SSSR count). The number of nitrogens with zero attached hydrogens (tertiary/aromatic N) is 1. The molecule has 31 heavy (non-hydrogen) atoms. The average molecular weight is 466 g/mol. The molecule has 0 aromatic heterocycles. The van der Waals surface area contributed by atoms with Gasteiger partial charge in [0.1, 0.15) is 6.04 Å². The fourth-order valence-electron chi connectivity index (χ4n) is 3.04. The van der Waals surface area contributed by atoms with Crippen molar-refractivity contribution in [1.82, 2.24) is 14.9 Å². The molecule has 1 heterocycles. The smallest absolute Gasteiger partial charge is 0.253 e. The van der Waals surface area contributed by atoms with E-state index in [0.717, 1.165) is 5.56 Å². The van der Waals surface area contributed by atoms with E-state index in [0.29, 0.717) is 36.9 Å². The molecular formula is C21H24ClN3O5S. The van der Waals surface area contributed by atoms with Gasteiger partial charge in [-0.25, -0.2) is 8.42 Å². The molecule has 166 valence electrons. The van der Waals surface area contributed by atoms with Gasteiger partial charge in [0, 0.05) is 19.6 Å². The second-order valence-corrected chi connectivity index (χ2v) is 9.40. The minimum Gasteiger partial charge on any atom is -0.379 e. The molecule has 2 amide bonds. The van der Waals surface area contributed by atoms with Gasteiger partial charge < -0.3 is 15.4 Å². The highest BCUT2D eigenvalue weighted by atomic mass is 35.5. The van der Waals surface area contributed by atoms with Crippen LogP contribution in [0.2, 0.25) is 5.02 Å². The van der Waals surface area contributed by atoms with Crippen molar-refractivity contribution in [3.05, 3.63) is 64.7 Å². The van der Waals surface area contributed by atoms with Crippen LogP contribution < -0.4 is 10.6 Å². The van der Waals surface area contributed by atoms with Gasteiger partial charge in [-0.3, -0.25) is 9.59 Å². The van der Waals surface area contributed by atoms with E-state index in [-0.39, 0.29) is 17.3 Å². The number of carbonyl (C=O) groups excluding carboxylic acids is 2. The van der Waals surface area contributed by atoms with E-state index in [1.165, 1.54) is 16.4 Å². The van der Waals surface area contributed by atoms with E-state index >= 15 is 0 Å². The minimum absolute atomic E-state index is 0.197. The molecule has 2 N–H and O–H groups in total. The van der Waals surface area contributed by atoms with Crippen molar-refractivity contribution in [3.8, 4) is 0 Å². The quantitative estimate of drug-likeness (QED) is 0.648. The highest BCUT2D eigenvalue weighted by molar-refractivity contribution is 7.89. The zero-order chi connectivity index (χ0) is 22.4. The first-order chi connectivity index (χ1) is 14.8. The van der Waals surface area contributed by atoms with Crippen molar-refractivity contribution >= 4 is 33.4 Å². The van der Waals surface area contributed by atoms with Gasteiger partial charge in [0.2, 0.25) is 15.9 Å². The number of hydrogen-bond acceptors (Lipinski definition) is 5. The van der Waals surface area contributed by atoms with Crippen molar-refractivity contribution in [1.29, 1.82) is 0 Å². The average Bonchev–Trinajstić information content (AvgIpc) is 2.78. The molecule has 0 bridgehead atoms. The SMILES string of the molecule is C[C@H](NC(=O)c1ccccc1Cl)C(=O)NCc1ccc(S(=O)(=O)N2CCOCC2)cc1. The molecule has 0 unspecified atom stereocenters. The van der Waals surface area contributed by atoms with Crippen LogP contribution in [0.5, 0.6) is 0 Å². The Labute approximate surface area is 186 Å². The van der Waals surface area contributed by atoms with Gasteiger partial charge in [-0.05, 0) is 36.8 Å². The molecule has 1 aliphatic rings. The summed E-state index contributed by atoms with van der Waals surface area (Å²) in [6.07, 6.45) is 0. The molecule has 2 aromatic carbocycles. The predicted octanol–water partition coefficient (Wildman–Crippen LogP) is 1.80. The summed E-state index contributed by atoms with van der Waals surface area (Å²) in [5.41, 5.74) is 1.03. The Bertz CT molecular complexity index is 1040. The Hall–Kier alpha value is -2.46. The van der Waals surface area contributed by atoms with E-state index in [2.05, 4.69) is 10.6 Å². The third-order valence-corrected chi connectivity index (χ3v) is 7.10. The van der Waals surface area contributed by atoms with E-state index in [9.17, 15) is 18.0 Å². The molecule has 0 aliphatic carbocycles. The lowest BCUT2D eigenvalue weighted by molar-refractivity contribution is -0.122. The van der Waals surface area contributed by atoms with E-state index in [1.807, 2.05) is 0 Å². The first-order valence-corrected chi connectivity index (χ1v) is 11.6. The summed E-state index contributed by atoms with van der Waals surface area (Å²) in [6, 6.07) is 12.2. The summed E-state index contributed by atoms with van der Waals surface area (Å²) < 4.78 is 31.9. The van der Waals surface area contributed by atoms with Crippen molar-refractivity contribution in [2.24, 2.45) is 0 Å². The van der Waals surface area contributed by atoms with Gasteiger partial charge in [-0.2, -0.15) is 4.31 Å². The maximum atomic E-state index is 12.6. The second-order valence-electron chi connectivity index (χ2n) is 7.05. The summed E-state index contributed by atoms with van der Waals surface area (Å²) in [7, 11) is -3.56. The number of rotatable bonds is 7. The maximum absolute atomic E-state index is 12.6. The zero-order valence-corrected chi connectivity index (χ0v) is 18.6. The van der Waals surface area contributed by atoms with Gasteiger partial charge in [-0.1, -0.05) is 35.9 Å². The van der Waals surface area contributed by atoms with Crippen LogP contribution in [0.3, 0.4) is 0 Å². The highest BCUT2D eigenvalue weighted by Crippen LogP contribution is 2.18. The summed E-state index contributed by atoms with van der Waals surface area (Å²) >= 11 is 6.00. The Morgan fingerprint density at radius 3 is 2.39 bits per heavy atom.